The largest absolute Gasteiger partial charge is 0.289 e. The third kappa shape index (κ3) is 4.16. The quantitative estimate of drug-likeness (QED) is 0.465. The summed E-state index contributed by atoms with van der Waals surface area (Å²) in [4.78, 5) is 24.3. The van der Waals surface area contributed by atoms with Crippen LogP contribution in [0.3, 0.4) is 0 Å². The first-order valence-electron chi connectivity index (χ1n) is 7.97. The third-order valence-electron chi connectivity index (χ3n) is 4.34. The monoisotopic (exact) mass is 276 g/mol. The molecule has 0 radical (unpaired) electrons. The zero-order valence-corrected chi connectivity index (χ0v) is 13.5. The molecule has 0 atom stereocenters. The van der Waals surface area contributed by atoms with E-state index in [4.69, 9.17) is 0 Å². The van der Waals surface area contributed by atoms with Crippen molar-refractivity contribution >= 4 is 11.6 Å². The number of carbonyl (C=O) groups excluding carboxylic acids is 2. The van der Waals surface area contributed by atoms with Crippen LogP contribution in [0.2, 0.25) is 0 Å². The standard InChI is InChI=1S/C18H28O2/c1-5-6-7-8-9-10-11-12-16-15(4)17(19)13(2)14(3)18(16)20/h5-12H2,1-4H3. The molecular formula is C18H28O2. The van der Waals surface area contributed by atoms with Crippen LogP contribution >= 0.6 is 0 Å². The molecule has 0 unspecified atom stereocenters. The summed E-state index contributed by atoms with van der Waals surface area (Å²) in [6.07, 6.45) is 9.37. The van der Waals surface area contributed by atoms with Crippen LogP contribution in [0.15, 0.2) is 22.3 Å². The number of hydrogen-bond acceptors (Lipinski definition) is 2. The Labute approximate surface area is 123 Å². The number of carbonyl (C=O) groups is 2. The maximum Gasteiger partial charge on any atom is 0.185 e. The second kappa shape index (κ2) is 8.18. The molecule has 2 nitrogen and oxygen atoms in total. The van der Waals surface area contributed by atoms with Gasteiger partial charge in [0.1, 0.15) is 0 Å². The van der Waals surface area contributed by atoms with Crippen molar-refractivity contribution < 1.29 is 9.59 Å². The fourth-order valence-corrected chi connectivity index (χ4v) is 2.72. The molecule has 0 aromatic carbocycles. The van der Waals surface area contributed by atoms with Gasteiger partial charge in [-0.15, -0.1) is 0 Å². The van der Waals surface area contributed by atoms with E-state index in [1.165, 1.54) is 32.1 Å². The highest BCUT2D eigenvalue weighted by atomic mass is 16.1. The van der Waals surface area contributed by atoms with E-state index >= 15 is 0 Å². The second-order valence-corrected chi connectivity index (χ2v) is 5.88. The molecule has 0 spiro atoms. The van der Waals surface area contributed by atoms with E-state index in [0.29, 0.717) is 16.7 Å². The van der Waals surface area contributed by atoms with Crippen molar-refractivity contribution in [2.45, 2.75) is 79.1 Å². The van der Waals surface area contributed by atoms with Crippen LogP contribution in [0.25, 0.3) is 0 Å². The van der Waals surface area contributed by atoms with Crippen molar-refractivity contribution in [3.63, 3.8) is 0 Å². The highest BCUT2D eigenvalue weighted by Gasteiger charge is 2.26. The molecule has 0 aliphatic heterocycles. The molecule has 1 rings (SSSR count). The van der Waals surface area contributed by atoms with E-state index in [0.717, 1.165) is 24.8 Å². The van der Waals surface area contributed by atoms with Gasteiger partial charge in [0, 0.05) is 22.3 Å². The lowest BCUT2D eigenvalue weighted by Gasteiger charge is -2.18. The van der Waals surface area contributed by atoms with Gasteiger partial charge in [0.15, 0.2) is 11.6 Å². The normalized spacial score (nSPS) is 16.4. The van der Waals surface area contributed by atoms with E-state index in [2.05, 4.69) is 6.92 Å². The van der Waals surface area contributed by atoms with Crippen LogP contribution in [-0.2, 0) is 9.59 Å². The summed E-state index contributed by atoms with van der Waals surface area (Å²) in [6.45, 7) is 7.54. The number of unbranched alkanes of at least 4 members (excludes halogenated alkanes) is 6. The summed E-state index contributed by atoms with van der Waals surface area (Å²) in [5, 5.41) is 0. The second-order valence-electron chi connectivity index (χ2n) is 5.88. The average Bonchev–Trinajstić information content (AvgIpc) is 2.45. The van der Waals surface area contributed by atoms with E-state index in [9.17, 15) is 9.59 Å². The summed E-state index contributed by atoms with van der Waals surface area (Å²) in [7, 11) is 0. The Hall–Kier alpha value is -1.18. The maximum absolute atomic E-state index is 12.2. The highest BCUT2D eigenvalue weighted by molar-refractivity contribution is 6.24. The molecule has 0 N–H and O–H groups in total. The van der Waals surface area contributed by atoms with Crippen molar-refractivity contribution in [2.75, 3.05) is 0 Å². The van der Waals surface area contributed by atoms with Gasteiger partial charge in [0.25, 0.3) is 0 Å². The van der Waals surface area contributed by atoms with Crippen molar-refractivity contribution in [2.24, 2.45) is 0 Å². The predicted molar refractivity (Wildman–Crippen MR) is 83.7 cm³/mol. The molecule has 0 amide bonds. The van der Waals surface area contributed by atoms with E-state index in [-0.39, 0.29) is 11.6 Å². The first-order chi connectivity index (χ1) is 9.50. The first kappa shape index (κ1) is 16.9. The minimum atomic E-state index is 0.0556. The van der Waals surface area contributed by atoms with E-state index in [1.807, 2.05) is 0 Å². The molecule has 1 aliphatic carbocycles. The first-order valence-corrected chi connectivity index (χ1v) is 7.97. The lowest BCUT2D eigenvalue weighted by Crippen LogP contribution is -2.20. The Kier molecular flexibility index (Phi) is 6.90. The third-order valence-corrected chi connectivity index (χ3v) is 4.34. The molecule has 0 aromatic heterocycles. The van der Waals surface area contributed by atoms with E-state index < -0.39 is 0 Å². The lowest BCUT2D eigenvalue weighted by atomic mass is 9.84. The predicted octanol–water partition coefficient (Wildman–Crippen LogP) is 4.93. The zero-order valence-electron chi connectivity index (χ0n) is 13.5. The van der Waals surface area contributed by atoms with Crippen LogP contribution < -0.4 is 0 Å². The van der Waals surface area contributed by atoms with Crippen LogP contribution in [0.1, 0.15) is 79.1 Å². The molecule has 0 saturated heterocycles. The number of hydrogen-bond donors (Lipinski definition) is 0. The molecule has 1 aliphatic rings. The molecule has 112 valence electrons. The summed E-state index contributed by atoms with van der Waals surface area (Å²) >= 11 is 0. The van der Waals surface area contributed by atoms with Crippen molar-refractivity contribution in [1.29, 1.82) is 0 Å². The van der Waals surface area contributed by atoms with Gasteiger partial charge < -0.3 is 0 Å². The van der Waals surface area contributed by atoms with Crippen molar-refractivity contribution in [1.82, 2.24) is 0 Å². The molecule has 2 heteroatoms. The van der Waals surface area contributed by atoms with E-state index in [1.54, 1.807) is 20.8 Å². The van der Waals surface area contributed by atoms with Crippen molar-refractivity contribution in [3.8, 4) is 0 Å². The Bertz CT molecular complexity index is 438. The van der Waals surface area contributed by atoms with Gasteiger partial charge in [-0.2, -0.15) is 0 Å². The Balaban J connectivity index is 2.44. The smallest absolute Gasteiger partial charge is 0.185 e. The fourth-order valence-electron chi connectivity index (χ4n) is 2.72. The molecular weight excluding hydrogens is 248 g/mol. The summed E-state index contributed by atoms with van der Waals surface area (Å²) in [5.74, 6) is 0.144. The van der Waals surface area contributed by atoms with Crippen LogP contribution in [0.5, 0.6) is 0 Å². The fraction of sp³-hybridized carbons (Fsp3) is 0.667. The number of allylic oxidation sites excluding steroid dienone is 4. The number of ketones is 2. The molecule has 0 fully saturated rings. The molecule has 20 heavy (non-hydrogen) atoms. The summed E-state index contributed by atoms with van der Waals surface area (Å²) in [6, 6.07) is 0. The minimum Gasteiger partial charge on any atom is -0.289 e. The number of rotatable bonds is 8. The van der Waals surface area contributed by atoms with Gasteiger partial charge in [0.05, 0.1) is 0 Å². The zero-order chi connectivity index (χ0) is 15.1. The molecule has 0 heterocycles. The van der Waals surface area contributed by atoms with Gasteiger partial charge in [-0.25, -0.2) is 0 Å². The maximum atomic E-state index is 12.2. The average molecular weight is 276 g/mol. The molecule has 0 bridgehead atoms. The summed E-state index contributed by atoms with van der Waals surface area (Å²) < 4.78 is 0. The van der Waals surface area contributed by atoms with Gasteiger partial charge in [-0.1, -0.05) is 45.4 Å². The molecule has 0 aromatic rings. The Morgan fingerprint density at radius 3 is 1.75 bits per heavy atom. The van der Waals surface area contributed by atoms with Crippen molar-refractivity contribution in [3.05, 3.63) is 22.3 Å². The van der Waals surface area contributed by atoms with Gasteiger partial charge in [0.2, 0.25) is 0 Å². The Morgan fingerprint density at radius 1 is 0.650 bits per heavy atom. The van der Waals surface area contributed by atoms with Gasteiger partial charge in [-0.05, 0) is 33.6 Å². The van der Waals surface area contributed by atoms with Crippen LogP contribution in [0.4, 0.5) is 0 Å². The van der Waals surface area contributed by atoms with Gasteiger partial charge >= 0.3 is 0 Å². The number of Topliss-reactive ketones (excluding diaryl/α,β-unsaturated/α-hetero) is 2. The summed E-state index contributed by atoms with van der Waals surface area (Å²) in [5.41, 5.74) is 2.69. The SMILES string of the molecule is CCCCCCCCCC1=C(C)C(=O)C(C)=C(C)C1=O. The van der Waals surface area contributed by atoms with Crippen LogP contribution in [-0.4, -0.2) is 11.6 Å². The molecule has 0 saturated carbocycles. The van der Waals surface area contributed by atoms with Gasteiger partial charge in [-0.3, -0.25) is 9.59 Å². The topological polar surface area (TPSA) is 34.1 Å². The minimum absolute atomic E-state index is 0.0556. The highest BCUT2D eigenvalue weighted by Crippen LogP contribution is 2.27. The van der Waals surface area contributed by atoms with Crippen LogP contribution in [0, 0.1) is 0 Å². The Morgan fingerprint density at radius 2 is 1.15 bits per heavy atom. The lowest BCUT2D eigenvalue weighted by molar-refractivity contribution is -0.116.